The topological polar surface area (TPSA) is 89.2 Å². The molecular formula is C21H18N4O3. The molecule has 1 aliphatic rings. The van der Waals surface area contributed by atoms with Gasteiger partial charge in [-0.15, -0.1) is 0 Å². The van der Waals surface area contributed by atoms with Crippen LogP contribution in [0.25, 0.3) is 5.69 Å². The lowest BCUT2D eigenvalue weighted by molar-refractivity contribution is -0.116. The van der Waals surface area contributed by atoms with Gasteiger partial charge in [0.25, 0.3) is 0 Å². The third kappa shape index (κ3) is 2.95. The summed E-state index contributed by atoms with van der Waals surface area (Å²) < 4.78 is 12.6. The first-order valence-corrected chi connectivity index (χ1v) is 8.74. The van der Waals surface area contributed by atoms with Crippen LogP contribution in [0.1, 0.15) is 29.2 Å². The fourth-order valence-corrected chi connectivity index (χ4v) is 3.44. The normalized spacial score (nSPS) is 15.3. The zero-order valence-corrected chi connectivity index (χ0v) is 15.5. The zero-order chi connectivity index (χ0) is 19.7. The van der Waals surface area contributed by atoms with E-state index in [1.54, 1.807) is 43.3 Å². The van der Waals surface area contributed by atoms with Gasteiger partial charge in [0.15, 0.2) is 0 Å². The van der Waals surface area contributed by atoms with Crippen LogP contribution in [-0.4, -0.2) is 29.7 Å². The van der Waals surface area contributed by atoms with E-state index in [-0.39, 0.29) is 11.8 Å². The molecule has 0 bridgehead atoms. The van der Waals surface area contributed by atoms with Gasteiger partial charge < -0.3 is 14.8 Å². The lowest BCUT2D eigenvalue weighted by Gasteiger charge is -2.24. The highest BCUT2D eigenvalue weighted by molar-refractivity contribution is 5.94. The summed E-state index contributed by atoms with van der Waals surface area (Å²) in [5.74, 6) is 1.63. The summed E-state index contributed by atoms with van der Waals surface area (Å²) in [6.45, 7) is 0. The molecule has 1 unspecified atom stereocenters. The number of imidazole rings is 1. The van der Waals surface area contributed by atoms with Crippen molar-refractivity contribution in [1.82, 2.24) is 9.55 Å². The van der Waals surface area contributed by atoms with Crippen molar-refractivity contribution in [2.75, 3.05) is 19.5 Å². The molecule has 0 aliphatic carbocycles. The maximum atomic E-state index is 12.4. The molecule has 2 aromatic carbocycles. The third-order valence-electron chi connectivity index (χ3n) is 4.86. The minimum atomic E-state index is -0.179. The number of amides is 1. The van der Waals surface area contributed by atoms with E-state index >= 15 is 0 Å². The molecular weight excluding hydrogens is 356 g/mol. The molecule has 1 aromatic heterocycles. The van der Waals surface area contributed by atoms with Crippen LogP contribution in [0, 0.1) is 11.3 Å². The van der Waals surface area contributed by atoms with Gasteiger partial charge in [-0.05, 0) is 29.8 Å². The number of hydrogen-bond donors (Lipinski definition) is 1. The minimum Gasteiger partial charge on any atom is -0.497 e. The van der Waals surface area contributed by atoms with Crippen LogP contribution >= 0.6 is 0 Å². The molecule has 1 amide bonds. The molecule has 0 saturated heterocycles. The Morgan fingerprint density at radius 1 is 1.18 bits per heavy atom. The lowest BCUT2D eigenvalue weighted by Crippen LogP contribution is -2.25. The van der Waals surface area contributed by atoms with Gasteiger partial charge >= 0.3 is 0 Å². The van der Waals surface area contributed by atoms with Crippen LogP contribution in [0.4, 0.5) is 5.82 Å². The number of nitrogens with one attached hydrogen (secondary N) is 1. The number of fused-ring (bicyclic) bond motifs is 1. The molecule has 3 aromatic rings. The van der Waals surface area contributed by atoms with Crippen LogP contribution in [0.15, 0.2) is 48.8 Å². The smallest absolute Gasteiger partial charge is 0.226 e. The standard InChI is InChI=1S/C21H18N4O3/c1-27-15-7-8-17(18(9-15)28-2)25-12-23-20-16(10-19(26)24-21(20)25)14-5-3-13(11-22)4-6-14/h3-9,12,16H,10H2,1-2H3,(H,24,26). The molecule has 28 heavy (non-hydrogen) atoms. The van der Waals surface area contributed by atoms with Crippen LogP contribution < -0.4 is 14.8 Å². The number of rotatable bonds is 4. The molecule has 1 N–H and O–H groups in total. The molecule has 2 heterocycles. The molecule has 7 nitrogen and oxygen atoms in total. The fraction of sp³-hybridized carbons (Fsp3) is 0.190. The van der Waals surface area contributed by atoms with Gasteiger partial charge in [0.2, 0.25) is 5.91 Å². The number of methoxy groups -OCH3 is 2. The predicted molar refractivity (Wildman–Crippen MR) is 103 cm³/mol. The fourth-order valence-electron chi connectivity index (χ4n) is 3.44. The van der Waals surface area contributed by atoms with Gasteiger partial charge in [0.05, 0.1) is 37.2 Å². The summed E-state index contributed by atoms with van der Waals surface area (Å²) in [6.07, 6.45) is 1.98. The number of aromatic nitrogens is 2. The second kappa shape index (κ2) is 7.08. The third-order valence-corrected chi connectivity index (χ3v) is 4.86. The number of benzene rings is 2. The Labute approximate surface area is 162 Å². The van der Waals surface area contributed by atoms with Crippen LogP contribution in [0.2, 0.25) is 0 Å². The van der Waals surface area contributed by atoms with Crippen LogP contribution in [0.5, 0.6) is 11.5 Å². The van der Waals surface area contributed by atoms with Gasteiger partial charge in [-0.25, -0.2) is 4.98 Å². The lowest BCUT2D eigenvalue weighted by atomic mass is 9.89. The Kier molecular flexibility index (Phi) is 4.45. The zero-order valence-electron chi connectivity index (χ0n) is 15.5. The molecule has 140 valence electrons. The summed E-state index contributed by atoms with van der Waals surface area (Å²) in [7, 11) is 3.18. The summed E-state index contributed by atoms with van der Waals surface area (Å²) in [4.78, 5) is 17.0. The van der Waals surface area contributed by atoms with E-state index in [4.69, 9.17) is 14.7 Å². The highest BCUT2D eigenvalue weighted by Crippen LogP contribution is 2.39. The molecule has 1 aliphatic heterocycles. The monoisotopic (exact) mass is 374 g/mol. The summed E-state index contributed by atoms with van der Waals surface area (Å²) >= 11 is 0. The Morgan fingerprint density at radius 3 is 2.64 bits per heavy atom. The Morgan fingerprint density at radius 2 is 1.96 bits per heavy atom. The number of nitrogens with zero attached hydrogens (tertiary/aromatic N) is 3. The number of carbonyl (C=O) groups is 1. The maximum absolute atomic E-state index is 12.4. The average Bonchev–Trinajstić information content (AvgIpc) is 3.16. The number of ether oxygens (including phenoxy) is 2. The molecule has 0 fully saturated rings. The quantitative estimate of drug-likeness (QED) is 0.757. The highest BCUT2D eigenvalue weighted by atomic mass is 16.5. The van der Waals surface area contributed by atoms with Crippen molar-refractivity contribution in [3.8, 4) is 23.3 Å². The maximum Gasteiger partial charge on any atom is 0.226 e. The number of hydrogen-bond acceptors (Lipinski definition) is 5. The molecule has 1 atom stereocenters. The van der Waals surface area contributed by atoms with E-state index in [1.165, 1.54) is 0 Å². The Hall–Kier alpha value is -3.79. The first kappa shape index (κ1) is 17.6. The van der Waals surface area contributed by atoms with Gasteiger partial charge in [-0.2, -0.15) is 5.26 Å². The highest BCUT2D eigenvalue weighted by Gasteiger charge is 2.31. The summed E-state index contributed by atoms with van der Waals surface area (Å²) in [5, 5.41) is 11.9. The SMILES string of the molecule is COc1ccc(-n2cnc3c2NC(=O)CC3c2ccc(C#N)cc2)c(OC)c1. The number of nitriles is 1. The van der Waals surface area contributed by atoms with Crippen molar-refractivity contribution in [3.63, 3.8) is 0 Å². The second-order valence-corrected chi connectivity index (χ2v) is 6.42. The Balaban J connectivity index is 1.80. The Bertz CT molecular complexity index is 1080. The van der Waals surface area contributed by atoms with Gasteiger partial charge in [-0.3, -0.25) is 9.36 Å². The van der Waals surface area contributed by atoms with E-state index in [0.717, 1.165) is 16.9 Å². The van der Waals surface area contributed by atoms with Crippen LogP contribution in [-0.2, 0) is 4.79 Å². The molecule has 7 heteroatoms. The average molecular weight is 374 g/mol. The molecule has 0 saturated carbocycles. The van der Waals surface area contributed by atoms with Gasteiger partial charge in [0.1, 0.15) is 23.6 Å². The van der Waals surface area contributed by atoms with E-state index in [1.807, 2.05) is 24.3 Å². The first-order chi connectivity index (χ1) is 13.6. The van der Waals surface area contributed by atoms with Crippen molar-refractivity contribution in [3.05, 3.63) is 65.6 Å². The van der Waals surface area contributed by atoms with Crippen molar-refractivity contribution in [2.24, 2.45) is 0 Å². The molecule has 4 rings (SSSR count). The predicted octanol–water partition coefficient (Wildman–Crippen LogP) is 3.24. The minimum absolute atomic E-state index is 0.0870. The van der Waals surface area contributed by atoms with E-state index in [0.29, 0.717) is 29.3 Å². The summed E-state index contributed by atoms with van der Waals surface area (Å²) in [6, 6.07) is 14.8. The van der Waals surface area contributed by atoms with Crippen molar-refractivity contribution in [1.29, 1.82) is 5.26 Å². The summed E-state index contributed by atoms with van der Waals surface area (Å²) in [5.41, 5.74) is 3.06. The van der Waals surface area contributed by atoms with Gasteiger partial charge in [0, 0.05) is 18.4 Å². The van der Waals surface area contributed by atoms with E-state index in [2.05, 4.69) is 16.4 Å². The number of carbonyl (C=O) groups excluding carboxylic acids is 1. The second-order valence-electron chi connectivity index (χ2n) is 6.42. The van der Waals surface area contributed by atoms with E-state index in [9.17, 15) is 4.79 Å². The van der Waals surface area contributed by atoms with E-state index < -0.39 is 0 Å². The van der Waals surface area contributed by atoms with Crippen molar-refractivity contribution >= 4 is 11.7 Å². The number of anilines is 1. The van der Waals surface area contributed by atoms with Gasteiger partial charge in [-0.1, -0.05) is 12.1 Å². The first-order valence-electron chi connectivity index (χ1n) is 8.74. The van der Waals surface area contributed by atoms with Crippen molar-refractivity contribution < 1.29 is 14.3 Å². The largest absolute Gasteiger partial charge is 0.497 e. The van der Waals surface area contributed by atoms with Crippen molar-refractivity contribution in [2.45, 2.75) is 12.3 Å². The molecule has 0 spiro atoms. The van der Waals surface area contributed by atoms with Crippen LogP contribution in [0.3, 0.4) is 0 Å². The molecule has 0 radical (unpaired) electrons.